The van der Waals surface area contributed by atoms with Crippen molar-refractivity contribution in [1.29, 1.82) is 0 Å². The standard InChI is InChI=1S/C45H70N6O9S2/c1-10-29(6)40(49-43(57)36-13-11-12-19-50(36)9)45(58)51(26-59-39(54)21-27(2)3)37(28(4)5)24-38(60-31(8)52)44-48-35(25-62-44)42(56)47-33(22-30(7)41(55)46-18-20-61)23-32-14-16-34(53)17-15-32/h14-17,25,27-30,33,36-38,40,53,61H,10-13,18-24,26H2,1-9H3,(H,46,55)(H,47,56)(H,49,57)/t29-,30-,33+,36+,37+,38+,40-/m0/s1. The quantitative estimate of drug-likeness (QED) is 0.0495. The number of thiol groups is 1. The fourth-order valence-corrected chi connectivity index (χ4v) is 8.50. The molecule has 15 nitrogen and oxygen atoms in total. The number of esters is 2. The van der Waals surface area contributed by atoms with Crippen LogP contribution in [0.5, 0.6) is 5.75 Å². The fraction of sp³-hybridized carbons (Fsp3) is 0.667. The zero-order chi connectivity index (χ0) is 46.1. The molecule has 346 valence electrons. The third-order valence-corrected chi connectivity index (χ3v) is 12.4. The summed E-state index contributed by atoms with van der Waals surface area (Å²) in [5, 5.41) is 20.7. The summed E-state index contributed by atoms with van der Waals surface area (Å²) in [4.78, 5) is 89.0. The largest absolute Gasteiger partial charge is 0.508 e. The van der Waals surface area contributed by atoms with E-state index in [0.717, 1.165) is 36.3 Å². The van der Waals surface area contributed by atoms with Gasteiger partial charge in [-0.3, -0.25) is 33.7 Å². The highest BCUT2D eigenvalue weighted by molar-refractivity contribution is 7.80. The zero-order valence-electron chi connectivity index (χ0n) is 38.0. The average molecular weight is 903 g/mol. The van der Waals surface area contributed by atoms with Crippen LogP contribution in [-0.4, -0.2) is 112 Å². The summed E-state index contributed by atoms with van der Waals surface area (Å²) >= 11 is 5.30. The fourth-order valence-electron chi connectivity index (χ4n) is 7.55. The lowest BCUT2D eigenvalue weighted by molar-refractivity contribution is -0.161. The molecule has 2 aromatic rings. The van der Waals surface area contributed by atoms with E-state index < -0.39 is 53.9 Å². The molecule has 2 heterocycles. The number of phenols is 1. The van der Waals surface area contributed by atoms with Gasteiger partial charge in [-0.2, -0.15) is 12.6 Å². The zero-order valence-corrected chi connectivity index (χ0v) is 39.7. The van der Waals surface area contributed by atoms with Crippen molar-refractivity contribution < 1.29 is 43.3 Å². The number of benzene rings is 1. The predicted molar refractivity (Wildman–Crippen MR) is 242 cm³/mol. The van der Waals surface area contributed by atoms with Crippen molar-refractivity contribution in [2.45, 2.75) is 137 Å². The van der Waals surface area contributed by atoms with Crippen LogP contribution in [0.4, 0.5) is 0 Å². The van der Waals surface area contributed by atoms with E-state index >= 15 is 0 Å². The first-order valence-corrected chi connectivity index (χ1v) is 23.4. The van der Waals surface area contributed by atoms with Crippen LogP contribution in [0.3, 0.4) is 0 Å². The molecular formula is C45H70N6O9S2. The number of rotatable bonds is 24. The first kappa shape index (κ1) is 52.1. The molecule has 7 atom stereocenters. The number of carbonyl (C=O) groups is 6. The molecule has 1 saturated heterocycles. The molecule has 4 amide bonds. The number of ether oxygens (including phenoxy) is 2. The summed E-state index contributed by atoms with van der Waals surface area (Å²) in [6.45, 7) is 15.3. The van der Waals surface area contributed by atoms with Crippen LogP contribution in [0.25, 0.3) is 0 Å². The van der Waals surface area contributed by atoms with Gasteiger partial charge < -0.3 is 35.4 Å². The molecule has 0 unspecified atom stereocenters. The van der Waals surface area contributed by atoms with Crippen molar-refractivity contribution in [3.63, 3.8) is 0 Å². The van der Waals surface area contributed by atoms with Crippen molar-refractivity contribution in [1.82, 2.24) is 30.7 Å². The van der Waals surface area contributed by atoms with Crippen molar-refractivity contribution >= 4 is 59.5 Å². The number of aromatic nitrogens is 1. The van der Waals surface area contributed by atoms with Crippen LogP contribution < -0.4 is 16.0 Å². The van der Waals surface area contributed by atoms with Gasteiger partial charge in [-0.15, -0.1) is 11.3 Å². The maximum atomic E-state index is 14.9. The van der Waals surface area contributed by atoms with Gasteiger partial charge in [0.15, 0.2) is 12.8 Å². The molecule has 0 saturated carbocycles. The molecule has 0 bridgehead atoms. The van der Waals surface area contributed by atoms with Crippen LogP contribution in [0.15, 0.2) is 29.6 Å². The Labute approximate surface area is 377 Å². The lowest BCUT2D eigenvalue weighted by Crippen LogP contribution is -2.59. The Hall–Kier alpha value is -4.22. The Kier molecular flexibility index (Phi) is 21.7. The topological polar surface area (TPSA) is 197 Å². The van der Waals surface area contributed by atoms with E-state index in [1.165, 1.54) is 11.8 Å². The molecule has 0 radical (unpaired) electrons. The minimum Gasteiger partial charge on any atom is -0.508 e. The van der Waals surface area contributed by atoms with Gasteiger partial charge in [-0.25, -0.2) is 4.98 Å². The highest BCUT2D eigenvalue weighted by Crippen LogP contribution is 2.32. The Morgan fingerprint density at radius 3 is 2.31 bits per heavy atom. The summed E-state index contributed by atoms with van der Waals surface area (Å²) in [6.07, 6.45) is 3.05. The van der Waals surface area contributed by atoms with Gasteiger partial charge in [0.05, 0.1) is 6.04 Å². The minimum atomic E-state index is -0.996. The van der Waals surface area contributed by atoms with E-state index in [4.69, 9.17) is 9.47 Å². The van der Waals surface area contributed by atoms with E-state index in [2.05, 4.69) is 33.6 Å². The molecule has 1 aromatic carbocycles. The maximum Gasteiger partial charge on any atom is 0.307 e. The van der Waals surface area contributed by atoms with Crippen molar-refractivity contribution in [3.8, 4) is 5.75 Å². The molecule has 0 spiro atoms. The second-order valence-corrected chi connectivity index (χ2v) is 18.7. The SMILES string of the molecule is CC[C@H](C)[C@H](NC(=O)[C@H]1CCCCN1C)C(=O)N(COC(=O)CC(C)C)[C@H](C[C@@H](OC(C)=O)c1nc(C(=O)N[C@@H](Cc2ccc(O)cc2)C[C@H](C)C(=O)NCCS)cs1)C(C)C. The van der Waals surface area contributed by atoms with Crippen LogP contribution in [0.2, 0.25) is 0 Å². The number of likely N-dealkylation sites (N-methyl/N-ethyl adjacent to an activating group) is 1. The summed E-state index contributed by atoms with van der Waals surface area (Å²) < 4.78 is 11.6. The molecule has 62 heavy (non-hydrogen) atoms. The number of phenolic OH excluding ortho intramolecular Hbond substituents is 1. The monoisotopic (exact) mass is 902 g/mol. The second kappa shape index (κ2) is 25.8. The highest BCUT2D eigenvalue weighted by atomic mass is 32.1. The van der Waals surface area contributed by atoms with Gasteiger partial charge in [-0.05, 0) is 74.7 Å². The van der Waals surface area contributed by atoms with E-state index in [9.17, 15) is 33.9 Å². The number of hydrogen-bond acceptors (Lipinski definition) is 13. The molecule has 1 fully saturated rings. The van der Waals surface area contributed by atoms with Gasteiger partial charge in [0.25, 0.3) is 5.91 Å². The highest BCUT2D eigenvalue weighted by Gasteiger charge is 2.39. The Bertz CT molecular complexity index is 1770. The van der Waals surface area contributed by atoms with Crippen molar-refractivity contribution in [2.24, 2.45) is 23.7 Å². The number of piperidine rings is 1. The number of carbonyl (C=O) groups excluding carboxylic acids is 6. The summed E-state index contributed by atoms with van der Waals surface area (Å²) in [5.41, 5.74) is 0.920. The number of likely N-dealkylation sites (tertiary alicyclic amines) is 1. The molecule has 4 N–H and O–H groups in total. The Balaban J connectivity index is 1.96. The lowest BCUT2D eigenvalue weighted by atomic mass is 9.92. The van der Waals surface area contributed by atoms with Crippen LogP contribution in [-0.2, 0) is 39.9 Å². The third kappa shape index (κ3) is 16.5. The third-order valence-electron chi connectivity index (χ3n) is 11.3. The smallest absolute Gasteiger partial charge is 0.307 e. The maximum absolute atomic E-state index is 14.9. The van der Waals surface area contributed by atoms with E-state index in [1.807, 2.05) is 53.5 Å². The van der Waals surface area contributed by atoms with Crippen LogP contribution in [0, 0.1) is 23.7 Å². The summed E-state index contributed by atoms with van der Waals surface area (Å²) in [6, 6.07) is 4.16. The molecule has 1 aromatic heterocycles. The molecule has 0 aliphatic carbocycles. The molecule has 3 rings (SSSR count). The lowest BCUT2D eigenvalue weighted by Gasteiger charge is -2.39. The van der Waals surface area contributed by atoms with E-state index in [-0.39, 0.29) is 66.6 Å². The number of thiazole rings is 1. The average Bonchev–Trinajstić information content (AvgIpc) is 3.72. The predicted octanol–water partition coefficient (Wildman–Crippen LogP) is 5.67. The molecule has 1 aliphatic heterocycles. The normalized spacial score (nSPS) is 17.3. The van der Waals surface area contributed by atoms with Crippen molar-refractivity contribution in [2.75, 3.05) is 32.6 Å². The second-order valence-electron chi connectivity index (χ2n) is 17.3. The molecular weight excluding hydrogens is 833 g/mol. The molecule has 17 heteroatoms. The van der Waals surface area contributed by atoms with Crippen LogP contribution >= 0.6 is 24.0 Å². The summed E-state index contributed by atoms with van der Waals surface area (Å²) in [7, 11) is 1.91. The Morgan fingerprint density at radius 2 is 1.71 bits per heavy atom. The minimum absolute atomic E-state index is 0.0193. The van der Waals surface area contributed by atoms with Gasteiger partial charge in [0.2, 0.25) is 17.7 Å². The molecule has 1 aliphatic rings. The van der Waals surface area contributed by atoms with Gasteiger partial charge in [0, 0.05) is 55.4 Å². The van der Waals surface area contributed by atoms with Gasteiger partial charge in [-0.1, -0.05) is 73.4 Å². The van der Waals surface area contributed by atoms with E-state index in [1.54, 1.807) is 36.6 Å². The number of nitrogens with zero attached hydrogens (tertiary/aromatic N) is 3. The Morgan fingerprint density at radius 1 is 1.02 bits per heavy atom. The van der Waals surface area contributed by atoms with Crippen molar-refractivity contribution in [3.05, 3.63) is 45.9 Å². The number of nitrogens with one attached hydrogen (secondary N) is 3. The number of aromatic hydroxyl groups is 1. The first-order valence-electron chi connectivity index (χ1n) is 21.9. The summed E-state index contributed by atoms with van der Waals surface area (Å²) in [5.74, 6) is -2.74. The van der Waals surface area contributed by atoms with Gasteiger partial charge >= 0.3 is 11.9 Å². The van der Waals surface area contributed by atoms with Crippen LogP contribution in [0.1, 0.15) is 127 Å². The number of amides is 4. The first-order chi connectivity index (χ1) is 29.3. The van der Waals surface area contributed by atoms with Gasteiger partial charge in [0.1, 0.15) is 22.5 Å². The van der Waals surface area contributed by atoms with E-state index in [0.29, 0.717) is 43.0 Å². The number of hydrogen-bond donors (Lipinski definition) is 5.